The fourth-order valence-corrected chi connectivity index (χ4v) is 2.91. The Bertz CT molecular complexity index is 465. The Morgan fingerprint density at radius 2 is 1.71 bits per heavy atom. The van der Waals surface area contributed by atoms with Gasteiger partial charge in [-0.3, -0.25) is 9.69 Å². The molecule has 1 aliphatic heterocycles. The number of ether oxygens (including phenoxy) is 1. The van der Waals surface area contributed by atoms with E-state index in [2.05, 4.69) is 9.80 Å². The van der Waals surface area contributed by atoms with Crippen LogP contribution < -0.4 is 9.64 Å². The van der Waals surface area contributed by atoms with Gasteiger partial charge in [0.15, 0.2) is 0 Å². The number of methoxy groups -OCH3 is 1. The van der Waals surface area contributed by atoms with E-state index in [1.165, 1.54) is 0 Å². The van der Waals surface area contributed by atoms with Gasteiger partial charge in [-0.1, -0.05) is 13.8 Å². The summed E-state index contributed by atoms with van der Waals surface area (Å²) >= 11 is 0. The van der Waals surface area contributed by atoms with Crippen molar-refractivity contribution in [1.29, 1.82) is 0 Å². The first-order valence-electron chi connectivity index (χ1n) is 7.38. The number of piperazine rings is 1. The van der Waals surface area contributed by atoms with Crippen LogP contribution in [0, 0.1) is 5.92 Å². The van der Waals surface area contributed by atoms with Crippen molar-refractivity contribution < 1.29 is 14.6 Å². The highest BCUT2D eigenvalue weighted by Gasteiger charge is 2.31. The second-order valence-corrected chi connectivity index (χ2v) is 5.75. The van der Waals surface area contributed by atoms with E-state index < -0.39 is 5.97 Å². The van der Waals surface area contributed by atoms with Gasteiger partial charge in [-0.25, -0.2) is 0 Å². The Balaban J connectivity index is 1.97. The summed E-state index contributed by atoms with van der Waals surface area (Å²) < 4.78 is 5.17. The van der Waals surface area contributed by atoms with E-state index in [1.807, 2.05) is 38.1 Å². The number of carboxylic acids is 1. The Hall–Kier alpha value is -1.75. The number of rotatable bonds is 5. The Morgan fingerprint density at radius 3 is 2.14 bits per heavy atom. The fraction of sp³-hybridized carbons (Fsp3) is 0.562. The normalized spacial score (nSPS) is 17.8. The Morgan fingerprint density at radius 1 is 1.14 bits per heavy atom. The van der Waals surface area contributed by atoms with Crippen LogP contribution in [0.15, 0.2) is 24.3 Å². The molecule has 1 N–H and O–H groups in total. The standard InChI is InChI=1S/C16H24N2O3/c1-12(2)15(16(19)20)18-10-8-17(9-11-18)13-4-6-14(21-3)7-5-13/h4-7,12,15H,8-11H2,1-3H3,(H,19,20). The zero-order valence-corrected chi connectivity index (χ0v) is 13.0. The molecular formula is C16H24N2O3. The summed E-state index contributed by atoms with van der Waals surface area (Å²) in [5.74, 6) is 0.251. The van der Waals surface area contributed by atoms with Gasteiger partial charge in [0, 0.05) is 31.9 Å². The molecule has 0 aliphatic carbocycles. The largest absolute Gasteiger partial charge is 0.497 e. The van der Waals surface area contributed by atoms with Crippen molar-refractivity contribution in [2.45, 2.75) is 19.9 Å². The first-order chi connectivity index (χ1) is 10.0. The molecule has 1 fully saturated rings. The van der Waals surface area contributed by atoms with E-state index in [0.717, 1.165) is 37.6 Å². The SMILES string of the molecule is COc1ccc(N2CCN(C(C(=O)O)C(C)C)CC2)cc1. The Kier molecular flexibility index (Phi) is 5.07. The van der Waals surface area contributed by atoms with Crippen molar-refractivity contribution in [2.24, 2.45) is 5.92 Å². The third-order valence-corrected chi connectivity index (χ3v) is 4.03. The lowest BCUT2D eigenvalue weighted by Crippen LogP contribution is -2.54. The lowest BCUT2D eigenvalue weighted by atomic mass is 10.0. The second kappa shape index (κ2) is 6.80. The third kappa shape index (κ3) is 3.67. The number of anilines is 1. The van der Waals surface area contributed by atoms with Gasteiger partial charge in [-0.15, -0.1) is 0 Å². The first kappa shape index (κ1) is 15.6. The quantitative estimate of drug-likeness (QED) is 0.898. The highest BCUT2D eigenvalue weighted by atomic mass is 16.5. The molecule has 5 nitrogen and oxygen atoms in total. The van der Waals surface area contributed by atoms with Gasteiger partial charge in [0.25, 0.3) is 0 Å². The summed E-state index contributed by atoms with van der Waals surface area (Å²) in [6.07, 6.45) is 0. The summed E-state index contributed by atoms with van der Waals surface area (Å²) in [5, 5.41) is 9.37. The number of hydrogen-bond acceptors (Lipinski definition) is 4. The maximum Gasteiger partial charge on any atom is 0.321 e. The lowest BCUT2D eigenvalue weighted by molar-refractivity contribution is -0.145. The minimum Gasteiger partial charge on any atom is -0.497 e. The molecule has 116 valence electrons. The highest BCUT2D eigenvalue weighted by Crippen LogP contribution is 2.22. The van der Waals surface area contributed by atoms with Crippen molar-refractivity contribution in [3.8, 4) is 5.75 Å². The van der Waals surface area contributed by atoms with E-state index in [1.54, 1.807) is 7.11 Å². The van der Waals surface area contributed by atoms with Crippen molar-refractivity contribution in [2.75, 3.05) is 38.2 Å². The van der Waals surface area contributed by atoms with Gasteiger partial charge in [-0.2, -0.15) is 0 Å². The van der Waals surface area contributed by atoms with Crippen LogP contribution >= 0.6 is 0 Å². The predicted octanol–water partition coefficient (Wildman–Crippen LogP) is 1.93. The van der Waals surface area contributed by atoms with E-state index >= 15 is 0 Å². The van der Waals surface area contributed by atoms with Crippen molar-refractivity contribution in [3.05, 3.63) is 24.3 Å². The number of nitrogens with zero attached hydrogens (tertiary/aromatic N) is 2. The number of hydrogen-bond donors (Lipinski definition) is 1. The third-order valence-electron chi connectivity index (χ3n) is 4.03. The fourth-order valence-electron chi connectivity index (χ4n) is 2.91. The van der Waals surface area contributed by atoms with Crippen LogP contribution in [0.2, 0.25) is 0 Å². The van der Waals surface area contributed by atoms with Gasteiger partial charge < -0.3 is 14.7 Å². The molecule has 1 saturated heterocycles. The summed E-state index contributed by atoms with van der Waals surface area (Å²) in [4.78, 5) is 15.8. The topological polar surface area (TPSA) is 53.0 Å². The van der Waals surface area contributed by atoms with Crippen molar-refractivity contribution in [1.82, 2.24) is 4.90 Å². The molecule has 5 heteroatoms. The lowest BCUT2D eigenvalue weighted by Gasteiger charge is -2.40. The van der Waals surface area contributed by atoms with Crippen LogP contribution in [-0.4, -0.2) is 55.3 Å². The average Bonchev–Trinajstić information content (AvgIpc) is 2.47. The van der Waals surface area contributed by atoms with Crippen LogP contribution in [0.25, 0.3) is 0 Å². The molecule has 0 saturated carbocycles. The van der Waals surface area contributed by atoms with Gasteiger partial charge in [0.2, 0.25) is 0 Å². The Labute approximate surface area is 126 Å². The molecule has 1 unspecified atom stereocenters. The van der Waals surface area contributed by atoms with Crippen LogP contribution in [-0.2, 0) is 4.79 Å². The summed E-state index contributed by atoms with van der Waals surface area (Å²) in [6.45, 7) is 7.19. The molecule has 1 heterocycles. The maximum absolute atomic E-state index is 11.4. The molecular weight excluding hydrogens is 268 g/mol. The zero-order chi connectivity index (χ0) is 15.4. The number of carbonyl (C=O) groups is 1. The van der Waals surface area contributed by atoms with Crippen LogP contribution in [0.1, 0.15) is 13.8 Å². The molecule has 0 radical (unpaired) electrons. The zero-order valence-electron chi connectivity index (χ0n) is 13.0. The van der Waals surface area contributed by atoms with Crippen LogP contribution in [0.3, 0.4) is 0 Å². The molecule has 0 spiro atoms. The van der Waals surface area contributed by atoms with Gasteiger partial charge in [0.1, 0.15) is 11.8 Å². The van der Waals surface area contributed by atoms with E-state index in [9.17, 15) is 9.90 Å². The van der Waals surface area contributed by atoms with E-state index in [-0.39, 0.29) is 12.0 Å². The minimum atomic E-state index is -0.720. The van der Waals surface area contributed by atoms with Crippen LogP contribution in [0.4, 0.5) is 5.69 Å². The first-order valence-corrected chi connectivity index (χ1v) is 7.38. The summed E-state index contributed by atoms with van der Waals surface area (Å²) in [6, 6.07) is 7.62. The van der Waals surface area contributed by atoms with E-state index in [4.69, 9.17) is 4.74 Å². The molecule has 1 aromatic rings. The maximum atomic E-state index is 11.4. The molecule has 21 heavy (non-hydrogen) atoms. The van der Waals surface area contributed by atoms with Crippen LogP contribution in [0.5, 0.6) is 5.75 Å². The molecule has 2 rings (SSSR count). The minimum absolute atomic E-state index is 0.120. The summed E-state index contributed by atoms with van der Waals surface area (Å²) in [5.41, 5.74) is 1.16. The van der Waals surface area contributed by atoms with Gasteiger partial charge in [-0.05, 0) is 30.2 Å². The summed E-state index contributed by atoms with van der Waals surface area (Å²) in [7, 11) is 1.66. The number of carboxylic acid groups (broad SMARTS) is 1. The average molecular weight is 292 g/mol. The number of aliphatic carboxylic acids is 1. The molecule has 0 bridgehead atoms. The molecule has 1 aliphatic rings. The monoisotopic (exact) mass is 292 g/mol. The second-order valence-electron chi connectivity index (χ2n) is 5.75. The van der Waals surface area contributed by atoms with Gasteiger partial charge >= 0.3 is 5.97 Å². The molecule has 0 aromatic heterocycles. The highest BCUT2D eigenvalue weighted by molar-refractivity contribution is 5.73. The van der Waals surface area contributed by atoms with E-state index in [0.29, 0.717) is 0 Å². The number of benzene rings is 1. The van der Waals surface area contributed by atoms with Gasteiger partial charge in [0.05, 0.1) is 7.11 Å². The molecule has 1 aromatic carbocycles. The molecule has 1 atom stereocenters. The van der Waals surface area contributed by atoms with Crippen molar-refractivity contribution in [3.63, 3.8) is 0 Å². The predicted molar refractivity (Wildman–Crippen MR) is 83.0 cm³/mol. The smallest absolute Gasteiger partial charge is 0.321 e. The molecule has 0 amide bonds. The van der Waals surface area contributed by atoms with Crippen molar-refractivity contribution >= 4 is 11.7 Å².